The molecule has 2 aliphatic rings. The quantitative estimate of drug-likeness (QED) is 0.378. The van der Waals surface area contributed by atoms with Gasteiger partial charge in [-0.3, -0.25) is 0 Å². The molecule has 0 radical (unpaired) electrons. The lowest BCUT2D eigenvalue weighted by Crippen LogP contribution is -2.33. The van der Waals surface area contributed by atoms with Crippen molar-refractivity contribution in [3.05, 3.63) is 93.5 Å². The summed E-state index contributed by atoms with van der Waals surface area (Å²) in [5.74, 6) is 2.31. The molecule has 0 fully saturated rings. The Kier molecular flexibility index (Phi) is 5.68. The van der Waals surface area contributed by atoms with Crippen LogP contribution in [0.1, 0.15) is 67.6 Å². The van der Waals surface area contributed by atoms with Crippen molar-refractivity contribution in [3.63, 3.8) is 0 Å². The Morgan fingerprint density at radius 3 is 2.50 bits per heavy atom. The molecule has 3 aromatic carbocycles. The third kappa shape index (κ3) is 3.90. The normalized spacial score (nSPS) is 19.3. The second-order valence-electron chi connectivity index (χ2n) is 8.58. The predicted molar refractivity (Wildman–Crippen MR) is 131 cm³/mol. The van der Waals surface area contributed by atoms with Gasteiger partial charge in [0.1, 0.15) is 11.5 Å². The maximum Gasteiger partial charge on any atom is 0.213 e. The Hall–Kier alpha value is -2.79. The summed E-state index contributed by atoms with van der Waals surface area (Å²) in [7, 11) is 0. The lowest BCUT2D eigenvalue weighted by Gasteiger charge is -2.38. The Balaban J connectivity index is 1.52. The third-order valence-electron chi connectivity index (χ3n) is 6.14. The zero-order valence-corrected chi connectivity index (χ0v) is 20.2. The fourth-order valence-electron chi connectivity index (χ4n) is 4.41. The van der Waals surface area contributed by atoms with Crippen molar-refractivity contribution in [2.24, 2.45) is 5.10 Å². The van der Waals surface area contributed by atoms with Gasteiger partial charge in [0.05, 0.1) is 18.4 Å². The SMILES string of the molecule is CCOc1ccc(C2=NN3[C@@H](c4ccc(C(C)C)cc4)Oc4ccc(Br)cc4[C@@H]3C2)cc1. The minimum atomic E-state index is -0.255. The number of hydrogen-bond acceptors (Lipinski definition) is 4. The summed E-state index contributed by atoms with van der Waals surface area (Å²) < 4.78 is 13.2. The van der Waals surface area contributed by atoms with Crippen LogP contribution < -0.4 is 9.47 Å². The van der Waals surface area contributed by atoms with Crippen molar-refractivity contribution in [2.75, 3.05) is 6.61 Å². The summed E-state index contributed by atoms with van der Waals surface area (Å²) in [6.07, 6.45) is 0.580. The maximum absolute atomic E-state index is 6.50. The minimum Gasteiger partial charge on any atom is -0.494 e. The highest BCUT2D eigenvalue weighted by Gasteiger charge is 2.41. The number of hydrogen-bond donors (Lipinski definition) is 0. The maximum atomic E-state index is 6.50. The van der Waals surface area contributed by atoms with Crippen molar-refractivity contribution >= 4 is 21.6 Å². The molecule has 5 rings (SSSR count). The first-order chi connectivity index (χ1) is 15.5. The van der Waals surface area contributed by atoms with E-state index in [1.807, 2.05) is 25.1 Å². The van der Waals surface area contributed by atoms with E-state index < -0.39 is 0 Å². The molecule has 0 saturated carbocycles. The lowest BCUT2D eigenvalue weighted by atomic mass is 9.95. The van der Waals surface area contributed by atoms with Crippen LogP contribution in [0.3, 0.4) is 0 Å². The average Bonchev–Trinajstić information content (AvgIpc) is 3.25. The molecule has 0 aliphatic carbocycles. The first-order valence-corrected chi connectivity index (χ1v) is 12.0. The van der Waals surface area contributed by atoms with E-state index in [0.717, 1.165) is 39.2 Å². The van der Waals surface area contributed by atoms with Crippen LogP contribution in [0.25, 0.3) is 0 Å². The largest absolute Gasteiger partial charge is 0.494 e. The van der Waals surface area contributed by atoms with Crippen molar-refractivity contribution in [2.45, 2.75) is 45.4 Å². The minimum absolute atomic E-state index is 0.132. The number of nitrogens with zero attached hydrogens (tertiary/aromatic N) is 2. The number of rotatable bonds is 5. The van der Waals surface area contributed by atoms with E-state index >= 15 is 0 Å². The molecule has 164 valence electrons. The van der Waals surface area contributed by atoms with Crippen LogP contribution in [0.4, 0.5) is 0 Å². The van der Waals surface area contributed by atoms with Crippen molar-refractivity contribution < 1.29 is 9.47 Å². The number of ether oxygens (including phenoxy) is 2. The summed E-state index contributed by atoms with van der Waals surface area (Å²) in [6, 6.07) is 23.3. The summed E-state index contributed by atoms with van der Waals surface area (Å²) in [5, 5.41) is 7.20. The predicted octanol–water partition coefficient (Wildman–Crippen LogP) is 7.21. The van der Waals surface area contributed by atoms with Crippen LogP contribution in [0.5, 0.6) is 11.5 Å². The van der Waals surface area contributed by atoms with Crippen LogP contribution in [0.2, 0.25) is 0 Å². The van der Waals surface area contributed by atoms with Gasteiger partial charge in [0.25, 0.3) is 0 Å². The first-order valence-electron chi connectivity index (χ1n) is 11.2. The monoisotopic (exact) mass is 490 g/mol. The Morgan fingerprint density at radius 1 is 1.06 bits per heavy atom. The van der Waals surface area contributed by atoms with Gasteiger partial charge in [-0.25, -0.2) is 5.01 Å². The van der Waals surface area contributed by atoms with Gasteiger partial charge in [-0.15, -0.1) is 0 Å². The fourth-order valence-corrected chi connectivity index (χ4v) is 4.79. The van der Waals surface area contributed by atoms with E-state index in [9.17, 15) is 0 Å². The zero-order valence-electron chi connectivity index (χ0n) is 18.6. The van der Waals surface area contributed by atoms with Gasteiger partial charge < -0.3 is 9.47 Å². The van der Waals surface area contributed by atoms with Gasteiger partial charge in [-0.2, -0.15) is 5.10 Å². The first kappa shape index (κ1) is 21.1. The van der Waals surface area contributed by atoms with Crippen molar-refractivity contribution in [1.29, 1.82) is 0 Å². The van der Waals surface area contributed by atoms with E-state index in [1.54, 1.807) is 0 Å². The van der Waals surface area contributed by atoms with E-state index in [1.165, 1.54) is 11.1 Å². The molecule has 5 heteroatoms. The topological polar surface area (TPSA) is 34.1 Å². The second-order valence-corrected chi connectivity index (χ2v) is 9.49. The van der Waals surface area contributed by atoms with Crippen molar-refractivity contribution in [1.82, 2.24) is 5.01 Å². The fraction of sp³-hybridized carbons (Fsp3) is 0.296. The molecular formula is C27H27BrN2O2. The van der Waals surface area contributed by atoms with Crippen LogP contribution in [-0.2, 0) is 0 Å². The van der Waals surface area contributed by atoms with Gasteiger partial charge >= 0.3 is 0 Å². The lowest BCUT2D eigenvalue weighted by molar-refractivity contribution is -0.0190. The Bertz CT molecular complexity index is 1140. The molecular weight excluding hydrogens is 464 g/mol. The van der Waals surface area contributed by atoms with Gasteiger partial charge in [0.2, 0.25) is 6.23 Å². The molecule has 4 nitrogen and oxygen atoms in total. The van der Waals surface area contributed by atoms with Crippen LogP contribution in [0, 0.1) is 0 Å². The highest BCUT2D eigenvalue weighted by Crippen LogP contribution is 2.48. The number of fused-ring (bicyclic) bond motifs is 3. The second kappa shape index (κ2) is 8.62. The molecule has 2 aliphatic heterocycles. The molecule has 3 aromatic rings. The molecule has 2 heterocycles. The van der Waals surface area contributed by atoms with Gasteiger partial charge in [-0.1, -0.05) is 54.0 Å². The van der Waals surface area contributed by atoms with E-state index in [4.69, 9.17) is 14.6 Å². The van der Waals surface area contributed by atoms with Gasteiger partial charge in [0, 0.05) is 22.0 Å². The number of hydrazone groups is 1. The third-order valence-corrected chi connectivity index (χ3v) is 6.63. The number of halogens is 1. The van der Waals surface area contributed by atoms with Crippen LogP contribution >= 0.6 is 15.9 Å². The summed E-state index contributed by atoms with van der Waals surface area (Å²) in [6.45, 7) is 7.08. The van der Waals surface area contributed by atoms with E-state index in [2.05, 4.69) is 83.3 Å². The highest BCUT2D eigenvalue weighted by atomic mass is 79.9. The molecule has 0 aromatic heterocycles. The van der Waals surface area contributed by atoms with Gasteiger partial charge in [0.15, 0.2) is 0 Å². The summed E-state index contributed by atoms with van der Waals surface area (Å²) >= 11 is 3.63. The Labute approximate surface area is 198 Å². The van der Waals surface area contributed by atoms with Gasteiger partial charge in [-0.05, 0) is 66.4 Å². The standard InChI is InChI=1S/C27H27BrN2O2/c1-4-31-22-12-9-19(10-13-22)24-16-25-23-15-21(28)11-14-26(23)32-27(30(25)29-24)20-7-5-18(6-8-20)17(2)3/h5-15,17,25,27H,4,16H2,1-3H3/t25-,27+/m0/s1. The molecule has 0 spiro atoms. The molecule has 32 heavy (non-hydrogen) atoms. The molecule has 0 unspecified atom stereocenters. The van der Waals surface area contributed by atoms with Crippen LogP contribution in [-0.4, -0.2) is 17.3 Å². The Morgan fingerprint density at radius 2 is 1.81 bits per heavy atom. The van der Waals surface area contributed by atoms with Crippen LogP contribution in [0.15, 0.2) is 76.3 Å². The average molecular weight is 491 g/mol. The summed E-state index contributed by atoms with van der Waals surface area (Å²) in [5.41, 5.74) is 5.79. The van der Waals surface area contributed by atoms with Crippen molar-refractivity contribution in [3.8, 4) is 11.5 Å². The van der Waals surface area contributed by atoms with E-state index in [0.29, 0.717) is 12.5 Å². The molecule has 0 saturated heterocycles. The summed E-state index contributed by atoms with van der Waals surface area (Å²) in [4.78, 5) is 0. The molecule has 0 bridgehead atoms. The smallest absolute Gasteiger partial charge is 0.213 e. The molecule has 0 N–H and O–H groups in total. The molecule has 0 amide bonds. The number of benzene rings is 3. The zero-order chi connectivity index (χ0) is 22.2. The van der Waals surface area contributed by atoms with E-state index in [-0.39, 0.29) is 12.3 Å². The molecule has 2 atom stereocenters. The highest BCUT2D eigenvalue weighted by molar-refractivity contribution is 9.10.